The van der Waals surface area contributed by atoms with Crippen molar-refractivity contribution in [3.8, 4) is 0 Å². The Balaban J connectivity index is 2.63. The molecule has 0 aliphatic carbocycles. The highest BCUT2D eigenvalue weighted by atomic mass is 32.2. The molecule has 0 heterocycles. The molecule has 0 aliphatic rings. The van der Waals surface area contributed by atoms with Crippen molar-refractivity contribution in [2.45, 2.75) is 37.8 Å². The number of amides is 1. The van der Waals surface area contributed by atoms with Gasteiger partial charge in [0.25, 0.3) is 0 Å². The van der Waals surface area contributed by atoms with E-state index in [0.29, 0.717) is 0 Å². The number of hydrogen-bond donors (Lipinski definition) is 2. The molecule has 1 unspecified atom stereocenters. The molecule has 3 N–H and O–H groups in total. The Kier molecular flexibility index (Phi) is 5.51. The molecule has 0 aliphatic heterocycles. The number of carbonyl (C=O) groups excluding carboxylic acids is 1. The predicted molar refractivity (Wildman–Crippen MR) is 73.0 cm³/mol. The van der Waals surface area contributed by atoms with Crippen LogP contribution in [0.4, 0.5) is 0 Å². The maximum atomic E-state index is 11.5. The van der Waals surface area contributed by atoms with Crippen molar-refractivity contribution < 1.29 is 4.79 Å². The van der Waals surface area contributed by atoms with Gasteiger partial charge in [-0.05, 0) is 37.3 Å². The van der Waals surface area contributed by atoms with Crippen LogP contribution >= 0.6 is 11.8 Å². The van der Waals surface area contributed by atoms with Crippen molar-refractivity contribution >= 4 is 17.7 Å². The fourth-order valence-corrected chi connectivity index (χ4v) is 2.11. The number of hydrogen-bond acceptors (Lipinski definition) is 3. The van der Waals surface area contributed by atoms with Gasteiger partial charge in [0, 0.05) is 4.90 Å². The first-order valence-electron chi connectivity index (χ1n) is 5.83. The van der Waals surface area contributed by atoms with Gasteiger partial charge in [-0.3, -0.25) is 4.79 Å². The first kappa shape index (κ1) is 14.1. The zero-order chi connectivity index (χ0) is 12.8. The van der Waals surface area contributed by atoms with Crippen LogP contribution in [0.1, 0.15) is 32.4 Å². The van der Waals surface area contributed by atoms with Crippen LogP contribution in [0.15, 0.2) is 29.2 Å². The summed E-state index contributed by atoms with van der Waals surface area (Å²) >= 11 is 1.81. The van der Waals surface area contributed by atoms with Gasteiger partial charge in [-0.1, -0.05) is 19.1 Å². The number of thioether (sulfide) groups is 1. The zero-order valence-corrected chi connectivity index (χ0v) is 11.4. The molecule has 1 aromatic rings. The zero-order valence-electron chi connectivity index (χ0n) is 10.6. The van der Waals surface area contributed by atoms with Crippen molar-refractivity contribution in [2.24, 2.45) is 5.73 Å². The SMILES string of the molecule is CCSc1ccc(C(C)NC(=O)[C@H](C)N)cc1. The normalized spacial score (nSPS) is 14.1. The Bertz CT molecular complexity index is 362. The van der Waals surface area contributed by atoms with Gasteiger partial charge in [-0.25, -0.2) is 0 Å². The van der Waals surface area contributed by atoms with Gasteiger partial charge in [0.1, 0.15) is 0 Å². The number of benzene rings is 1. The number of carbonyl (C=O) groups is 1. The third-order valence-electron chi connectivity index (χ3n) is 2.46. The van der Waals surface area contributed by atoms with Crippen LogP contribution < -0.4 is 11.1 Å². The summed E-state index contributed by atoms with van der Waals surface area (Å²) in [5.41, 5.74) is 6.61. The summed E-state index contributed by atoms with van der Waals surface area (Å²) < 4.78 is 0. The molecule has 0 radical (unpaired) electrons. The molecular weight excluding hydrogens is 232 g/mol. The Hall–Kier alpha value is -1.00. The van der Waals surface area contributed by atoms with Crippen LogP contribution in [-0.4, -0.2) is 17.7 Å². The van der Waals surface area contributed by atoms with Gasteiger partial charge >= 0.3 is 0 Å². The van der Waals surface area contributed by atoms with Gasteiger partial charge in [0.05, 0.1) is 12.1 Å². The van der Waals surface area contributed by atoms with E-state index >= 15 is 0 Å². The molecule has 94 valence electrons. The van der Waals surface area contributed by atoms with Gasteiger partial charge in [-0.2, -0.15) is 0 Å². The van der Waals surface area contributed by atoms with E-state index in [0.717, 1.165) is 11.3 Å². The molecule has 4 heteroatoms. The second kappa shape index (κ2) is 6.67. The Morgan fingerprint density at radius 3 is 2.41 bits per heavy atom. The van der Waals surface area contributed by atoms with E-state index < -0.39 is 6.04 Å². The van der Waals surface area contributed by atoms with Crippen LogP contribution in [-0.2, 0) is 4.79 Å². The Morgan fingerprint density at radius 2 is 1.94 bits per heavy atom. The van der Waals surface area contributed by atoms with Crippen molar-refractivity contribution in [1.29, 1.82) is 0 Å². The van der Waals surface area contributed by atoms with Crippen molar-refractivity contribution in [2.75, 3.05) is 5.75 Å². The van der Waals surface area contributed by atoms with Gasteiger partial charge < -0.3 is 11.1 Å². The number of rotatable bonds is 5. The van der Waals surface area contributed by atoms with Crippen LogP contribution in [0.5, 0.6) is 0 Å². The second-order valence-electron chi connectivity index (χ2n) is 4.02. The molecule has 1 aromatic carbocycles. The largest absolute Gasteiger partial charge is 0.348 e. The minimum Gasteiger partial charge on any atom is -0.348 e. The summed E-state index contributed by atoms with van der Waals surface area (Å²) in [7, 11) is 0. The monoisotopic (exact) mass is 252 g/mol. The third-order valence-corrected chi connectivity index (χ3v) is 3.36. The summed E-state index contributed by atoms with van der Waals surface area (Å²) in [6.07, 6.45) is 0. The molecule has 2 atom stereocenters. The molecule has 0 spiro atoms. The molecule has 3 nitrogen and oxygen atoms in total. The van der Waals surface area contributed by atoms with E-state index in [1.54, 1.807) is 6.92 Å². The lowest BCUT2D eigenvalue weighted by molar-refractivity contribution is -0.122. The smallest absolute Gasteiger partial charge is 0.237 e. The average Bonchev–Trinajstić information content (AvgIpc) is 2.30. The van der Waals surface area contributed by atoms with Gasteiger partial charge in [-0.15, -0.1) is 11.8 Å². The molecule has 0 aromatic heterocycles. The minimum absolute atomic E-state index is 0.00539. The van der Waals surface area contributed by atoms with Crippen molar-refractivity contribution in [3.63, 3.8) is 0 Å². The first-order chi connectivity index (χ1) is 8.04. The third kappa shape index (κ3) is 4.40. The van der Waals surface area contributed by atoms with E-state index in [-0.39, 0.29) is 11.9 Å². The molecule has 0 saturated heterocycles. The van der Waals surface area contributed by atoms with Gasteiger partial charge in [0.15, 0.2) is 0 Å². The highest BCUT2D eigenvalue weighted by Crippen LogP contribution is 2.20. The van der Waals surface area contributed by atoms with E-state index in [1.165, 1.54) is 4.90 Å². The summed E-state index contributed by atoms with van der Waals surface area (Å²) in [6, 6.07) is 7.78. The number of nitrogens with one attached hydrogen (secondary N) is 1. The lowest BCUT2D eigenvalue weighted by atomic mass is 10.1. The maximum absolute atomic E-state index is 11.5. The molecule has 0 fully saturated rings. The molecular formula is C13H20N2OS. The highest BCUT2D eigenvalue weighted by Gasteiger charge is 2.12. The van der Waals surface area contributed by atoms with E-state index in [2.05, 4.69) is 24.4 Å². The van der Waals surface area contributed by atoms with Crippen LogP contribution in [0.25, 0.3) is 0 Å². The molecule has 1 rings (SSSR count). The highest BCUT2D eigenvalue weighted by molar-refractivity contribution is 7.99. The Labute approximate surface area is 107 Å². The van der Waals surface area contributed by atoms with Gasteiger partial charge in [0.2, 0.25) is 5.91 Å². The topological polar surface area (TPSA) is 55.1 Å². The fourth-order valence-electron chi connectivity index (χ4n) is 1.45. The maximum Gasteiger partial charge on any atom is 0.237 e. The van der Waals surface area contributed by atoms with Crippen LogP contribution in [0, 0.1) is 0 Å². The Morgan fingerprint density at radius 1 is 1.35 bits per heavy atom. The minimum atomic E-state index is -0.465. The van der Waals surface area contributed by atoms with E-state index in [9.17, 15) is 4.79 Å². The van der Waals surface area contributed by atoms with Crippen molar-refractivity contribution in [1.82, 2.24) is 5.32 Å². The molecule has 17 heavy (non-hydrogen) atoms. The predicted octanol–water partition coefficient (Wildman–Crippen LogP) is 2.32. The summed E-state index contributed by atoms with van der Waals surface area (Å²) in [6.45, 7) is 5.77. The summed E-state index contributed by atoms with van der Waals surface area (Å²) in [4.78, 5) is 12.7. The molecule has 0 bridgehead atoms. The van der Waals surface area contributed by atoms with Crippen LogP contribution in [0.2, 0.25) is 0 Å². The van der Waals surface area contributed by atoms with Crippen LogP contribution in [0.3, 0.4) is 0 Å². The average molecular weight is 252 g/mol. The second-order valence-corrected chi connectivity index (χ2v) is 5.36. The lowest BCUT2D eigenvalue weighted by Gasteiger charge is -2.16. The van der Waals surface area contributed by atoms with E-state index in [1.807, 2.05) is 30.8 Å². The standard InChI is InChI=1S/C13H20N2OS/c1-4-17-12-7-5-11(6-8-12)10(3)15-13(16)9(2)14/h5-10H,4,14H2,1-3H3,(H,15,16)/t9-,10?/m0/s1. The molecule has 1 amide bonds. The molecule has 0 saturated carbocycles. The summed E-state index contributed by atoms with van der Waals surface area (Å²) in [5, 5.41) is 2.88. The quantitative estimate of drug-likeness (QED) is 0.791. The number of nitrogens with two attached hydrogens (primary N) is 1. The van der Waals surface area contributed by atoms with E-state index in [4.69, 9.17) is 5.73 Å². The fraction of sp³-hybridized carbons (Fsp3) is 0.462. The summed E-state index contributed by atoms with van der Waals surface area (Å²) in [5.74, 6) is 0.945. The van der Waals surface area contributed by atoms with Crippen molar-refractivity contribution in [3.05, 3.63) is 29.8 Å². The first-order valence-corrected chi connectivity index (χ1v) is 6.82. The lowest BCUT2D eigenvalue weighted by Crippen LogP contribution is -2.39.